The van der Waals surface area contributed by atoms with Gasteiger partial charge in [-0.3, -0.25) is 4.79 Å². The van der Waals surface area contributed by atoms with Crippen LogP contribution in [0.1, 0.15) is 5.56 Å². The summed E-state index contributed by atoms with van der Waals surface area (Å²) in [5, 5.41) is 12.4. The molecule has 0 atom stereocenters. The largest absolute Gasteiger partial charge is 0.395 e. The van der Waals surface area contributed by atoms with Crippen LogP contribution in [-0.4, -0.2) is 28.7 Å². The van der Waals surface area contributed by atoms with Gasteiger partial charge in [0.1, 0.15) is 0 Å². The number of rotatable bonds is 4. The van der Waals surface area contributed by atoms with E-state index in [9.17, 15) is 4.79 Å². The number of hydrogen-bond acceptors (Lipinski definition) is 2. The molecule has 2 rings (SSSR count). The highest BCUT2D eigenvalue weighted by Gasteiger charge is 2.04. The summed E-state index contributed by atoms with van der Waals surface area (Å²) in [7, 11) is 1.98. The van der Waals surface area contributed by atoms with Crippen molar-refractivity contribution in [2.45, 2.75) is 6.42 Å². The van der Waals surface area contributed by atoms with E-state index in [0.29, 0.717) is 13.0 Å². The maximum absolute atomic E-state index is 11.5. The summed E-state index contributed by atoms with van der Waals surface area (Å²) in [4.78, 5) is 11.5. The van der Waals surface area contributed by atoms with Gasteiger partial charge >= 0.3 is 0 Å². The molecule has 0 saturated carbocycles. The van der Waals surface area contributed by atoms with Gasteiger partial charge in [0.25, 0.3) is 0 Å². The number of fused-ring (bicyclic) bond motifs is 1. The summed E-state index contributed by atoms with van der Waals surface area (Å²) in [5.74, 6) is -0.0624. The fourth-order valence-corrected chi connectivity index (χ4v) is 1.86. The van der Waals surface area contributed by atoms with Crippen LogP contribution in [0.2, 0.25) is 0 Å². The van der Waals surface area contributed by atoms with Crippen molar-refractivity contribution >= 4 is 16.8 Å². The van der Waals surface area contributed by atoms with Crippen LogP contribution in [0.4, 0.5) is 0 Å². The first-order chi connectivity index (χ1) is 8.20. The molecular formula is C13H16N2O2. The van der Waals surface area contributed by atoms with Crippen LogP contribution in [0, 0.1) is 0 Å². The van der Waals surface area contributed by atoms with Gasteiger partial charge in [-0.1, -0.05) is 12.1 Å². The zero-order chi connectivity index (χ0) is 12.3. The molecule has 2 N–H and O–H groups in total. The Morgan fingerprint density at radius 3 is 3.00 bits per heavy atom. The van der Waals surface area contributed by atoms with E-state index in [4.69, 9.17) is 5.11 Å². The number of amides is 1. The summed E-state index contributed by atoms with van der Waals surface area (Å²) in [5.41, 5.74) is 2.10. The van der Waals surface area contributed by atoms with Gasteiger partial charge in [0.15, 0.2) is 0 Å². The molecule has 0 saturated heterocycles. The lowest BCUT2D eigenvalue weighted by Crippen LogP contribution is -2.27. The third-order valence-corrected chi connectivity index (χ3v) is 2.75. The third kappa shape index (κ3) is 2.65. The molecule has 90 valence electrons. The van der Waals surface area contributed by atoms with Crippen molar-refractivity contribution in [3.63, 3.8) is 0 Å². The standard InChI is InChI=1S/C13H16N2O2/c1-15-6-4-11-3-2-10(8-12(11)15)9-13(17)14-5-7-16/h2-4,6,8,16H,5,7,9H2,1H3,(H,14,17). The summed E-state index contributed by atoms with van der Waals surface area (Å²) in [6.07, 6.45) is 2.35. The molecule has 1 amide bonds. The van der Waals surface area contributed by atoms with Crippen LogP contribution in [-0.2, 0) is 18.3 Å². The van der Waals surface area contributed by atoms with E-state index in [1.54, 1.807) is 0 Å². The van der Waals surface area contributed by atoms with Crippen molar-refractivity contribution in [1.82, 2.24) is 9.88 Å². The maximum Gasteiger partial charge on any atom is 0.224 e. The van der Waals surface area contributed by atoms with Gasteiger partial charge in [-0.2, -0.15) is 0 Å². The lowest BCUT2D eigenvalue weighted by Gasteiger charge is -2.04. The summed E-state index contributed by atoms with van der Waals surface area (Å²) in [6, 6.07) is 8.05. The van der Waals surface area contributed by atoms with Crippen molar-refractivity contribution in [3.05, 3.63) is 36.0 Å². The Bertz CT molecular complexity index is 531. The average molecular weight is 232 g/mol. The van der Waals surface area contributed by atoms with Crippen LogP contribution in [0.25, 0.3) is 10.9 Å². The minimum Gasteiger partial charge on any atom is -0.395 e. The smallest absolute Gasteiger partial charge is 0.224 e. The topological polar surface area (TPSA) is 54.3 Å². The number of aromatic nitrogens is 1. The highest BCUT2D eigenvalue weighted by atomic mass is 16.3. The van der Waals surface area contributed by atoms with Crippen LogP contribution in [0.3, 0.4) is 0 Å². The second-order valence-electron chi connectivity index (χ2n) is 4.07. The molecule has 4 heteroatoms. The summed E-state index contributed by atoms with van der Waals surface area (Å²) >= 11 is 0. The number of aliphatic hydroxyl groups is 1. The molecule has 0 fully saturated rings. The van der Waals surface area contributed by atoms with Crippen molar-refractivity contribution in [3.8, 4) is 0 Å². The highest BCUT2D eigenvalue weighted by molar-refractivity contribution is 5.83. The van der Waals surface area contributed by atoms with Gasteiger partial charge in [-0.25, -0.2) is 0 Å². The molecule has 1 aromatic heterocycles. The first kappa shape index (κ1) is 11.7. The highest BCUT2D eigenvalue weighted by Crippen LogP contribution is 2.16. The normalized spacial score (nSPS) is 10.7. The van der Waals surface area contributed by atoms with Gasteiger partial charge in [0.05, 0.1) is 13.0 Å². The number of carbonyl (C=O) groups is 1. The first-order valence-electron chi connectivity index (χ1n) is 5.62. The van der Waals surface area contributed by atoms with Gasteiger partial charge in [0, 0.05) is 25.3 Å². The minimum absolute atomic E-state index is 0.0252. The Kier molecular flexibility index (Phi) is 3.44. The van der Waals surface area contributed by atoms with Gasteiger partial charge in [0.2, 0.25) is 5.91 Å². The predicted octanol–water partition coefficient (Wildman–Crippen LogP) is 0.829. The number of hydrogen-bond donors (Lipinski definition) is 2. The number of aliphatic hydroxyl groups excluding tert-OH is 1. The molecule has 0 aliphatic carbocycles. The van der Waals surface area contributed by atoms with Gasteiger partial charge in [-0.05, 0) is 23.1 Å². The zero-order valence-corrected chi connectivity index (χ0v) is 9.81. The number of nitrogens with zero attached hydrogens (tertiary/aromatic N) is 1. The SMILES string of the molecule is Cn1ccc2ccc(CC(=O)NCCO)cc21. The van der Waals surface area contributed by atoms with Crippen LogP contribution >= 0.6 is 0 Å². The fraction of sp³-hybridized carbons (Fsp3) is 0.308. The van der Waals surface area contributed by atoms with Crippen LogP contribution < -0.4 is 5.32 Å². The van der Waals surface area contributed by atoms with Crippen LogP contribution in [0.5, 0.6) is 0 Å². The molecule has 0 aliphatic rings. The van der Waals surface area contributed by atoms with Crippen molar-refractivity contribution in [2.24, 2.45) is 7.05 Å². The molecule has 0 radical (unpaired) electrons. The number of aryl methyl sites for hydroxylation is 1. The molecule has 0 bridgehead atoms. The molecule has 2 aromatic rings. The van der Waals surface area contributed by atoms with E-state index in [0.717, 1.165) is 11.1 Å². The maximum atomic E-state index is 11.5. The summed E-state index contributed by atoms with van der Waals surface area (Å²) < 4.78 is 2.03. The molecule has 0 unspecified atom stereocenters. The predicted molar refractivity (Wildman–Crippen MR) is 66.7 cm³/mol. The van der Waals surface area contributed by atoms with E-state index in [2.05, 4.69) is 5.32 Å². The van der Waals surface area contributed by atoms with Gasteiger partial charge in [-0.15, -0.1) is 0 Å². The quantitative estimate of drug-likeness (QED) is 0.820. The zero-order valence-electron chi connectivity index (χ0n) is 9.81. The number of nitrogens with one attached hydrogen (secondary N) is 1. The van der Waals surface area contributed by atoms with E-state index < -0.39 is 0 Å². The molecular weight excluding hydrogens is 216 g/mol. The van der Waals surface area contributed by atoms with Crippen LogP contribution in [0.15, 0.2) is 30.5 Å². The Labute approximate surface area is 99.9 Å². The number of benzene rings is 1. The first-order valence-corrected chi connectivity index (χ1v) is 5.62. The lowest BCUT2D eigenvalue weighted by molar-refractivity contribution is -0.120. The monoisotopic (exact) mass is 232 g/mol. The Hall–Kier alpha value is -1.81. The van der Waals surface area contributed by atoms with E-state index in [1.807, 2.05) is 42.1 Å². The second-order valence-corrected chi connectivity index (χ2v) is 4.07. The summed E-state index contributed by atoms with van der Waals surface area (Å²) in [6.45, 7) is 0.286. The lowest BCUT2D eigenvalue weighted by atomic mass is 10.1. The fourth-order valence-electron chi connectivity index (χ4n) is 1.86. The third-order valence-electron chi connectivity index (χ3n) is 2.75. The minimum atomic E-state index is -0.0624. The second kappa shape index (κ2) is 5.01. The Morgan fingerprint density at radius 1 is 1.41 bits per heavy atom. The molecule has 1 aromatic carbocycles. The van der Waals surface area contributed by atoms with Crippen molar-refractivity contribution in [1.29, 1.82) is 0 Å². The molecule has 17 heavy (non-hydrogen) atoms. The van der Waals surface area contributed by atoms with E-state index in [1.165, 1.54) is 5.39 Å². The average Bonchev–Trinajstić information content (AvgIpc) is 2.68. The van der Waals surface area contributed by atoms with E-state index >= 15 is 0 Å². The van der Waals surface area contributed by atoms with Gasteiger partial charge < -0.3 is 15.0 Å². The van der Waals surface area contributed by atoms with E-state index in [-0.39, 0.29) is 12.5 Å². The Morgan fingerprint density at radius 2 is 2.24 bits per heavy atom. The molecule has 4 nitrogen and oxygen atoms in total. The molecule has 0 spiro atoms. The Balaban J connectivity index is 2.13. The number of carbonyl (C=O) groups excluding carboxylic acids is 1. The van der Waals surface area contributed by atoms with Crippen molar-refractivity contribution < 1.29 is 9.90 Å². The molecule has 1 heterocycles. The van der Waals surface area contributed by atoms with Crippen molar-refractivity contribution in [2.75, 3.05) is 13.2 Å². The molecule has 0 aliphatic heterocycles.